The Morgan fingerprint density at radius 1 is 1.28 bits per heavy atom. The van der Waals surface area contributed by atoms with E-state index in [1.807, 2.05) is 37.0 Å². The highest BCUT2D eigenvalue weighted by atomic mass is 19.1. The van der Waals surface area contributed by atoms with Gasteiger partial charge < -0.3 is 9.88 Å². The fourth-order valence-electron chi connectivity index (χ4n) is 1.89. The van der Waals surface area contributed by atoms with Crippen molar-refractivity contribution in [2.45, 2.75) is 19.5 Å². The van der Waals surface area contributed by atoms with E-state index >= 15 is 0 Å². The summed E-state index contributed by atoms with van der Waals surface area (Å²) in [5.41, 5.74) is 1.46. The minimum absolute atomic E-state index is 0.235. The van der Waals surface area contributed by atoms with Gasteiger partial charge in [-0.2, -0.15) is 0 Å². The number of halogens is 2. The molecule has 1 heterocycles. The van der Waals surface area contributed by atoms with E-state index in [1.165, 1.54) is 6.07 Å². The van der Waals surface area contributed by atoms with Crippen molar-refractivity contribution in [1.82, 2.24) is 9.88 Å². The molecular formula is C14H16F2N2. The molecule has 0 saturated carbocycles. The molecule has 1 unspecified atom stereocenters. The number of nitrogens with one attached hydrogen (secondary N) is 1. The number of hydrogen-bond donors (Lipinski definition) is 1. The zero-order valence-electron chi connectivity index (χ0n) is 10.5. The van der Waals surface area contributed by atoms with Crippen molar-refractivity contribution in [3.8, 4) is 0 Å². The van der Waals surface area contributed by atoms with Gasteiger partial charge >= 0.3 is 0 Å². The normalized spacial score (nSPS) is 12.7. The van der Waals surface area contributed by atoms with Crippen LogP contribution in [0.15, 0.2) is 36.7 Å². The quantitative estimate of drug-likeness (QED) is 0.882. The lowest BCUT2D eigenvalue weighted by Gasteiger charge is -2.14. The second kappa shape index (κ2) is 5.31. The van der Waals surface area contributed by atoms with Crippen LogP contribution in [0.2, 0.25) is 0 Å². The Labute approximate surface area is 105 Å². The van der Waals surface area contributed by atoms with Crippen LogP contribution in [0.3, 0.4) is 0 Å². The lowest BCUT2D eigenvalue weighted by Crippen LogP contribution is -2.19. The van der Waals surface area contributed by atoms with E-state index in [9.17, 15) is 8.78 Å². The van der Waals surface area contributed by atoms with Gasteiger partial charge in [0.2, 0.25) is 0 Å². The summed E-state index contributed by atoms with van der Waals surface area (Å²) in [4.78, 5) is 0. The van der Waals surface area contributed by atoms with Crippen LogP contribution in [-0.2, 0) is 13.6 Å². The molecule has 2 aromatic rings. The summed E-state index contributed by atoms with van der Waals surface area (Å²) in [6.07, 6.45) is 3.94. The molecule has 0 aliphatic rings. The molecule has 1 aromatic heterocycles. The molecule has 0 aliphatic heterocycles. The lowest BCUT2D eigenvalue weighted by atomic mass is 10.1. The third-order valence-electron chi connectivity index (χ3n) is 2.93. The van der Waals surface area contributed by atoms with Gasteiger partial charge in [-0.05, 0) is 36.8 Å². The topological polar surface area (TPSA) is 17.0 Å². The molecule has 0 saturated heterocycles. The molecular weight excluding hydrogens is 234 g/mol. The van der Waals surface area contributed by atoms with E-state index in [4.69, 9.17) is 0 Å². The number of aromatic nitrogens is 1. The SMILES string of the molecule is CC(NCc1ccn(C)c1)c1cc(F)ccc1F. The molecule has 18 heavy (non-hydrogen) atoms. The molecule has 0 aliphatic carbocycles. The zero-order valence-corrected chi connectivity index (χ0v) is 10.5. The summed E-state index contributed by atoms with van der Waals surface area (Å²) >= 11 is 0. The summed E-state index contributed by atoms with van der Waals surface area (Å²) in [5.74, 6) is -0.802. The van der Waals surface area contributed by atoms with Crippen molar-refractivity contribution in [2.24, 2.45) is 7.05 Å². The third kappa shape index (κ3) is 2.96. The van der Waals surface area contributed by atoms with Crippen molar-refractivity contribution in [3.05, 3.63) is 59.4 Å². The Morgan fingerprint density at radius 2 is 2.06 bits per heavy atom. The van der Waals surface area contributed by atoms with Gasteiger partial charge in [-0.3, -0.25) is 0 Å². The fourth-order valence-corrected chi connectivity index (χ4v) is 1.89. The summed E-state index contributed by atoms with van der Waals surface area (Å²) in [5, 5.41) is 3.18. The molecule has 0 spiro atoms. The first-order valence-electron chi connectivity index (χ1n) is 5.85. The third-order valence-corrected chi connectivity index (χ3v) is 2.93. The molecule has 0 bridgehead atoms. The van der Waals surface area contributed by atoms with Crippen LogP contribution < -0.4 is 5.32 Å². The van der Waals surface area contributed by atoms with E-state index in [1.54, 1.807) is 0 Å². The molecule has 0 fully saturated rings. The van der Waals surface area contributed by atoms with Gasteiger partial charge in [0.15, 0.2) is 0 Å². The molecule has 1 aromatic carbocycles. The van der Waals surface area contributed by atoms with Gasteiger partial charge in [-0.25, -0.2) is 8.78 Å². The van der Waals surface area contributed by atoms with Crippen molar-refractivity contribution < 1.29 is 8.78 Å². The molecule has 0 amide bonds. The van der Waals surface area contributed by atoms with Crippen molar-refractivity contribution in [1.29, 1.82) is 0 Å². The Kier molecular flexibility index (Phi) is 3.77. The predicted molar refractivity (Wildman–Crippen MR) is 67.0 cm³/mol. The maximum atomic E-state index is 13.5. The van der Waals surface area contributed by atoms with Gasteiger partial charge in [0.05, 0.1) is 0 Å². The maximum absolute atomic E-state index is 13.5. The average Bonchev–Trinajstić information content (AvgIpc) is 2.75. The highest BCUT2D eigenvalue weighted by molar-refractivity contribution is 5.22. The first kappa shape index (κ1) is 12.8. The monoisotopic (exact) mass is 250 g/mol. The first-order chi connectivity index (χ1) is 8.56. The summed E-state index contributed by atoms with van der Waals surface area (Å²) < 4.78 is 28.6. The van der Waals surface area contributed by atoms with Gasteiger partial charge in [0.25, 0.3) is 0 Å². The van der Waals surface area contributed by atoms with Crippen LogP contribution in [0, 0.1) is 11.6 Å². The van der Waals surface area contributed by atoms with Crippen LogP contribution >= 0.6 is 0 Å². The molecule has 96 valence electrons. The van der Waals surface area contributed by atoms with Gasteiger partial charge in [-0.15, -0.1) is 0 Å². The highest BCUT2D eigenvalue weighted by Gasteiger charge is 2.11. The summed E-state index contributed by atoms with van der Waals surface area (Å²) in [6, 6.07) is 5.27. The summed E-state index contributed by atoms with van der Waals surface area (Å²) in [6.45, 7) is 2.44. The Bertz CT molecular complexity index is 534. The minimum Gasteiger partial charge on any atom is -0.357 e. The van der Waals surface area contributed by atoms with E-state index in [-0.39, 0.29) is 11.9 Å². The molecule has 0 radical (unpaired) electrons. The Hall–Kier alpha value is -1.68. The van der Waals surface area contributed by atoms with E-state index in [2.05, 4.69) is 5.32 Å². The maximum Gasteiger partial charge on any atom is 0.128 e. The second-order valence-electron chi connectivity index (χ2n) is 4.45. The number of hydrogen-bond acceptors (Lipinski definition) is 1. The smallest absolute Gasteiger partial charge is 0.128 e. The number of benzene rings is 1. The van der Waals surface area contributed by atoms with Gasteiger partial charge in [-0.1, -0.05) is 0 Å². The van der Waals surface area contributed by atoms with Crippen LogP contribution in [0.25, 0.3) is 0 Å². The van der Waals surface area contributed by atoms with Crippen LogP contribution in [0.1, 0.15) is 24.1 Å². The number of nitrogens with zero attached hydrogens (tertiary/aromatic N) is 1. The standard InChI is InChI=1S/C14H16F2N2/c1-10(13-7-12(15)3-4-14(13)16)17-8-11-5-6-18(2)9-11/h3-7,9-10,17H,8H2,1-2H3. The Balaban J connectivity index is 2.03. The molecule has 2 rings (SSSR count). The van der Waals surface area contributed by atoms with E-state index in [0.717, 1.165) is 17.7 Å². The molecule has 1 N–H and O–H groups in total. The number of rotatable bonds is 4. The molecule has 1 atom stereocenters. The summed E-state index contributed by atoms with van der Waals surface area (Å²) in [7, 11) is 1.94. The fraction of sp³-hybridized carbons (Fsp3) is 0.286. The second-order valence-corrected chi connectivity index (χ2v) is 4.45. The van der Waals surface area contributed by atoms with Crippen molar-refractivity contribution in [2.75, 3.05) is 0 Å². The first-order valence-corrected chi connectivity index (χ1v) is 5.85. The van der Waals surface area contributed by atoms with Crippen molar-refractivity contribution >= 4 is 0 Å². The van der Waals surface area contributed by atoms with Gasteiger partial charge in [0, 0.05) is 37.6 Å². The predicted octanol–water partition coefficient (Wildman–Crippen LogP) is 3.15. The van der Waals surface area contributed by atoms with E-state index in [0.29, 0.717) is 12.1 Å². The molecule has 4 heteroatoms. The van der Waals surface area contributed by atoms with E-state index < -0.39 is 5.82 Å². The number of aryl methyl sites for hydroxylation is 1. The van der Waals surface area contributed by atoms with Gasteiger partial charge in [0.1, 0.15) is 11.6 Å². The largest absolute Gasteiger partial charge is 0.357 e. The Morgan fingerprint density at radius 3 is 2.72 bits per heavy atom. The van der Waals surface area contributed by atoms with Crippen LogP contribution in [-0.4, -0.2) is 4.57 Å². The molecule has 2 nitrogen and oxygen atoms in total. The lowest BCUT2D eigenvalue weighted by molar-refractivity contribution is 0.518. The zero-order chi connectivity index (χ0) is 13.1. The van der Waals surface area contributed by atoms with Crippen molar-refractivity contribution in [3.63, 3.8) is 0 Å². The highest BCUT2D eigenvalue weighted by Crippen LogP contribution is 2.18. The van der Waals surface area contributed by atoms with Crippen LogP contribution in [0.5, 0.6) is 0 Å². The van der Waals surface area contributed by atoms with Crippen LogP contribution in [0.4, 0.5) is 8.78 Å². The average molecular weight is 250 g/mol. The minimum atomic E-state index is -0.417.